The van der Waals surface area contributed by atoms with Crippen LogP contribution in [-0.4, -0.2) is 41.5 Å². The summed E-state index contributed by atoms with van der Waals surface area (Å²) in [6.07, 6.45) is 0.688. The molecule has 0 aliphatic carbocycles. The van der Waals surface area contributed by atoms with Crippen LogP contribution in [0.15, 0.2) is 103 Å². The average molecular weight is 541 g/mol. The van der Waals surface area contributed by atoms with Gasteiger partial charge in [0.1, 0.15) is 11.6 Å². The van der Waals surface area contributed by atoms with Gasteiger partial charge in [-0.3, -0.25) is 9.59 Å². The first kappa shape index (κ1) is 27.2. The zero-order chi connectivity index (χ0) is 28.1. The number of aliphatic hydroxyl groups is 1. The van der Waals surface area contributed by atoms with Gasteiger partial charge in [0.2, 0.25) is 5.91 Å². The molecule has 4 aromatic carbocycles. The standard InChI is InChI=1S/C33H30F2N2O3/c34-28-14-10-24(11-15-28)23-6-8-26(9-7-23)31(39)37-20-18-33(19-21-37,27-12-16-29(35)17-13-27)32(40)36-30(22-38)25-4-2-1-3-5-25/h1-17,30,38H,18-22H2,(H,36,40)/t30-/m1/s1. The van der Waals surface area contributed by atoms with E-state index < -0.39 is 17.3 Å². The quantitative estimate of drug-likeness (QED) is 0.318. The lowest BCUT2D eigenvalue weighted by molar-refractivity contribution is -0.129. The maximum atomic E-state index is 13.8. The number of benzene rings is 4. The Bertz CT molecular complexity index is 1450. The third-order valence-corrected chi connectivity index (χ3v) is 7.73. The number of nitrogens with one attached hydrogen (secondary N) is 1. The summed E-state index contributed by atoms with van der Waals surface area (Å²) < 4.78 is 27.0. The molecule has 1 aliphatic rings. The predicted molar refractivity (Wildman–Crippen MR) is 149 cm³/mol. The van der Waals surface area contributed by atoms with E-state index in [2.05, 4.69) is 5.32 Å². The second kappa shape index (κ2) is 11.8. The molecule has 0 aromatic heterocycles. The zero-order valence-electron chi connectivity index (χ0n) is 21.9. The second-order valence-electron chi connectivity index (χ2n) is 10.1. The van der Waals surface area contributed by atoms with Crippen molar-refractivity contribution in [3.63, 3.8) is 0 Å². The topological polar surface area (TPSA) is 69.6 Å². The van der Waals surface area contributed by atoms with Crippen molar-refractivity contribution in [2.75, 3.05) is 19.7 Å². The fourth-order valence-corrected chi connectivity index (χ4v) is 5.35. The van der Waals surface area contributed by atoms with Gasteiger partial charge in [0.05, 0.1) is 18.1 Å². The average Bonchev–Trinajstić information content (AvgIpc) is 3.00. The van der Waals surface area contributed by atoms with E-state index in [4.69, 9.17) is 0 Å². The molecule has 204 valence electrons. The number of likely N-dealkylation sites (tertiary alicyclic amines) is 1. The molecule has 7 heteroatoms. The van der Waals surface area contributed by atoms with Gasteiger partial charge >= 0.3 is 0 Å². The van der Waals surface area contributed by atoms with E-state index in [9.17, 15) is 23.5 Å². The Morgan fingerprint density at radius 2 is 1.30 bits per heavy atom. The summed E-state index contributed by atoms with van der Waals surface area (Å²) in [7, 11) is 0. The largest absolute Gasteiger partial charge is 0.394 e. The van der Waals surface area contributed by atoms with Crippen LogP contribution in [0.2, 0.25) is 0 Å². The Kier molecular flexibility index (Phi) is 8.03. The molecule has 0 saturated carbocycles. The molecule has 40 heavy (non-hydrogen) atoms. The van der Waals surface area contributed by atoms with Gasteiger partial charge in [-0.05, 0) is 71.5 Å². The van der Waals surface area contributed by atoms with Gasteiger partial charge in [0, 0.05) is 18.7 Å². The van der Waals surface area contributed by atoms with Crippen molar-refractivity contribution in [2.45, 2.75) is 24.3 Å². The Morgan fingerprint density at radius 3 is 1.85 bits per heavy atom. The van der Waals surface area contributed by atoms with E-state index in [0.29, 0.717) is 37.1 Å². The number of nitrogens with zero attached hydrogens (tertiary/aromatic N) is 1. The van der Waals surface area contributed by atoms with Gasteiger partial charge in [-0.1, -0.05) is 66.7 Å². The summed E-state index contributed by atoms with van der Waals surface area (Å²) in [6.45, 7) is 0.394. The van der Waals surface area contributed by atoms with Crippen LogP contribution in [0.25, 0.3) is 11.1 Å². The minimum Gasteiger partial charge on any atom is -0.394 e. The maximum absolute atomic E-state index is 13.8. The summed E-state index contributed by atoms with van der Waals surface area (Å²) in [6, 6.07) is 27.9. The molecule has 1 fully saturated rings. The summed E-state index contributed by atoms with van der Waals surface area (Å²) in [4.78, 5) is 28.9. The molecular formula is C33H30F2N2O3. The first-order chi connectivity index (χ1) is 19.4. The molecular weight excluding hydrogens is 510 g/mol. The van der Waals surface area contributed by atoms with E-state index in [1.54, 1.807) is 41.3 Å². The fourth-order valence-electron chi connectivity index (χ4n) is 5.35. The highest BCUT2D eigenvalue weighted by atomic mass is 19.1. The van der Waals surface area contributed by atoms with E-state index in [1.165, 1.54) is 24.3 Å². The van der Waals surface area contributed by atoms with E-state index in [0.717, 1.165) is 16.7 Å². The normalized spacial score (nSPS) is 15.3. The minimum atomic E-state index is -0.987. The summed E-state index contributed by atoms with van der Waals surface area (Å²) in [5, 5.41) is 13.0. The van der Waals surface area contributed by atoms with Crippen LogP contribution in [0.3, 0.4) is 0 Å². The molecule has 5 nitrogen and oxygen atoms in total. The molecule has 1 aliphatic heterocycles. The van der Waals surface area contributed by atoms with Gasteiger partial charge in [-0.15, -0.1) is 0 Å². The molecule has 0 bridgehead atoms. The third-order valence-electron chi connectivity index (χ3n) is 7.73. The SMILES string of the molecule is O=C(c1ccc(-c2ccc(F)cc2)cc1)N1CCC(C(=O)N[C@H](CO)c2ccccc2)(c2ccc(F)cc2)CC1. The molecule has 4 aromatic rings. The zero-order valence-corrected chi connectivity index (χ0v) is 21.9. The monoisotopic (exact) mass is 540 g/mol. The lowest BCUT2D eigenvalue weighted by Gasteiger charge is -2.41. The van der Waals surface area contributed by atoms with E-state index in [1.807, 2.05) is 42.5 Å². The van der Waals surface area contributed by atoms with Gasteiger partial charge in [-0.2, -0.15) is 0 Å². The van der Waals surface area contributed by atoms with Crippen LogP contribution in [0.5, 0.6) is 0 Å². The number of piperidine rings is 1. The van der Waals surface area contributed by atoms with E-state index in [-0.39, 0.29) is 24.2 Å². The first-order valence-corrected chi connectivity index (χ1v) is 13.3. The van der Waals surface area contributed by atoms with Crippen molar-refractivity contribution >= 4 is 11.8 Å². The smallest absolute Gasteiger partial charge is 0.253 e. The molecule has 0 radical (unpaired) electrons. The maximum Gasteiger partial charge on any atom is 0.253 e. The van der Waals surface area contributed by atoms with Crippen molar-refractivity contribution in [1.29, 1.82) is 0 Å². The minimum absolute atomic E-state index is 0.142. The van der Waals surface area contributed by atoms with Crippen LogP contribution in [0.1, 0.15) is 40.4 Å². The van der Waals surface area contributed by atoms with Crippen molar-refractivity contribution in [2.24, 2.45) is 0 Å². The second-order valence-corrected chi connectivity index (χ2v) is 10.1. The van der Waals surface area contributed by atoms with Crippen LogP contribution in [0, 0.1) is 11.6 Å². The number of rotatable bonds is 7. The number of halogens is 2. The summed E-state index contributed by atoms with van der Waals surface area (Å²) in [5.41, 5.74) is 2.72. The highest BCUT2D eigenvalue weighted by molar-refractivity contribution is 5.95. The highest BCUT2D eigenvalue weighted by Crippen LogP contribution is 2.37. The lowest BCUT2D eigenvalue weighted by atomic mass is 9.71. The van der Waals surface area contributed by atoms with Crippen molar-refractivity contribution in [1.82, 2.24) is 10.2 Å². The van der Waals surface area contributed by atoms with Crippen molar-refractivity contribution in [3.8, 4) is 11.1 Å². The molecule has 0 unspecified atom stereocenters. The predicted octanol–water partition coefficient (Wildman–Crippen LogP) is 5.66. The fraction of sp³-hybridized carbons (Fsp3) is 0.212. The van der Waals surface area contributed by atoms with Crippen LogP contribution >= 0.6 is 0 Å². The molecule has 1 atom stereocenters. The number of hydrogen-bond donors (Lipinski definition) is 2. The lowest BCUT2D eigenvalue weighted by Crippen LogP contribution is -2.53. The Labute approximate surface area is 232 Å². The molecule has 1 heterocycles. The number of carbonyl (C=O) groups is 2. The van der Waals surface area contributed by atoms with Gasteiger partial charge in [0.15, 0.2) is 0 Å². The molecule has 0 spiro atoms. The third kappa shape index (κ3) is 5.65. The first-order valence-electron chi connectivity index (χ1n) is 13.3. The van der Waals surface area contributed by atoms with Crippen LogP contribution in [0.4, 0.5) is 8.78 Å². The summed E-state index contributed by atoms with van der Waals surface area (Å²) >= 11 is 0. The van der Waals surface area contributed by atoms with E-state index >= 15 is 0 Å². The van der Waals surface area contributed by atoms with Crippen LogP contribution in [-0.2, 0) is 10.2 Å². The van der Waals surface area contributed by atoms with Crippen LogP contribution < -0.4 is 5.32 Å². The molecule has 2 amide bonds. The van der Waals surface area contributed by atoms with Gasteiger partial charge < -0.3 is 15.3 Å². The molecule has 1 saturated heterocycles. The highest BCUT2D eigenvalue weighted by Gasteiger charge is 2.44. The Hall–Kier alpha value is -4.36. The summed E-state index contributed by atoms with van der Waals surface area (Å²) in [5.74, 6) is -1.11. The molecule has 2 N–H and O–H groups in total. The number of amides is 2. The number of hydrogen-bond acceptors (Lipinski definition) is 3. The number of aliphatic hydroxyl groups excluding tert-OH is 1. The number of carbonyl (C=O) groups excluding carboxylic acids is 2. The van der Waals surface area contributed by atoms with Crippen molar-refractivity contribution in [3.05, 3.63) is 131 Å². The van der Waals surface area contributed by atoms with Gasteiger partial charge in [0.25, 0.3) is 5.91 Å². The Balaban J connectivity index is 1.34. The van der Waals surface area contributed by atoms with Crippen molar-refractivity contribution < 1.29 is 23.5 Å². The van der Waals surface area contributed by atoms with Gasteiger partial charge in [-0.25, -0.2) is 8.78 Å². The Morgan fingerprint density at radius 1 is 0.775 bits per heavy atom. The molecule has 5 rings (SSSR count).